The smallest absolute Gasteiger partial charge is 0.251 e. The average molecular weight is 549 g/mol. The molecule has 0 bridgehead atoms. The molecule has 5 heterocycles. The van der Waals surface area contributed by atoms with Crippen molar-refractivity contribution in [3.63, 3.8) is 0 Å². The largest absolute Gasteiger partial charge is 0.373 e. The number of pyridine rings is 2. The second kappa shape index (κ2) is 13.3. The fourth-order valence-electron chi connectivity index (χ4n) is 5.20. The molecule has 212 valence electrons. The third-order valence-corrected chi connectivity index (χ3v) is 7.36. The summed E-state index contributed by atoms with van der Waals surface area (Å²) in [5.74, 6) is 1.25. The maximum atomic E-state index is 12.4. The Morgan fingerprint density at radius 3 is 2.75 bits per heavy atom. The highest BCUT2D eigenvalue weighted by molar-refractivity contribution is 5.83. The van der Waals surface area contributed by atoms with Crippen molar-refractivity contribution >= 4 is 35.9 Å². The average Bonchev–Trinajstić information content (AvgIpc) is 3.68. The van der Waals surface area contributed by atoms with Gasteiger partial charge >= 0.3 is 0 Å². The van der Waals surface area contributed by atoms with Crippen LogP contribution in [-0.2, 0) is 27.3 Å². The number of nitriles is 1. The number of aromatic nitrogens is 2. The summed E-state index contributed by atoms with van der Waals surface area (Å²) in [5, 5.41) is 12.0. The molecule has 3 aliphatic rings. The minimum absolute atomic E-state index is 0.0726. The lowest BCUT2D eigenvalue weighted by Crippen LogP contribution is -2.36. The highest BCUT2D eigenvalue weighted by Gasteiger charge is 2.28. The lowest BCUT2D eigenvalue weighted by molar-refractivity contribution is -0.140. The van der Waals surface area contributed by atoms with Crippen LogP contribution in [0.2, 0.25) is 0 Å². The molecule has 2 aromatic heterocycles. The highest BCUT2D eigenvalue weighted by atomic mass is 16.5. The van der Waals surface area contributed by atoms with Crippen LogP contribution in [0.4, 0.5) is 17.3 Å². The quantitative estimate of drug-likeness (QED) is 0.486. The molecule has 12 nitrogen and oxygen atoms in total. The maximum Gasteiger partial charge on any atom is 0.251 e. The number of nitrogens with one attached hydrogen (secondary N) is 1. The van der Waals surface area contributed by atoms with Crippen LogP contribution in [0.1, 0.15) is 52.9 Å². The first-order valence-electron chi connectivity index (χ1n) is 13.5. The van der Waals surface area contributed by atoms with Crippen LogP contribution < -0.4 is 20.9 Å². The molecule has 2 amide bonds. The fourth-order valence-corrected chi connectivity index (χ4v) is 5.20. The standard InChI is InChI=1S/C17H21N3O4.C11H15N5/c1-19(17(23)15-5-3-7-24-15)9-13-8-12-4-2-6-20(11-22)16(12)18-14(13)10-21;1-14-11-4-10(8(5-12)6-15-11)16-3-2-9(13)7-16/h8,10-11,15H,2-7,9H2,1H3;4,6,9H,2-3,7,13H2,1H3,(H,14,15). The van der Waals surface area contributed by atoms with Crippen LogP contribution in [0.25, 0.3) is 0 Å². The van der Waals surface area contributed by atoms with Crippen molar-refractivity contribution in [2.24, 2.45) is 5.73 Å². The zero-order valence-electron chi connectivity index (χ0n) is 23.0. The lowest BCUT2D eigenvalue weighted by atomic mass is 10.0. The summed E-state index contributed by atoms with van der Waals surface area (Å²) in [6, 6.07) is 6.16. The molecule has 2 unspecified atom stereocenters. The number of anilines is 3. The number of carbonyl (C=O) groups is 3. The molecule has 3 N–H and O–H groups in total. The van der Waals surface area contributed by atoms with Gasteiger partial charge in [-0.15, -0.1) is 0 Å². The summed E-state index contributed by atoms with van der Waals surface area (Å²) in [7, 11) is 3.52. The predicted octanol–water partition coefficient (Wildman–Crippen LogP) is 1.47. The summed E-state index contributed by atoms with van der Waals surface area (Å²) in [6.45, 7) is 3.24. The van der Waals surface area contributed by atoms with Gasteiger partial charge in [0.15, 0.2) is 6.29 Å². The number of fused-ring (bicyclic) bond motifs is 1. The Morgan fingerprint density at radius 2 is 2.12 bits per heavy atom. The second-order valence-corrected chi connectivity index (χ2v) is 10.2. The fraction of sp³-hybridized carbons (Fsp3) is 0.500. The molecule has 2 saturated heterocycles. The first-order valence-corrected chi connectivity index (χ1v) is 13.5. The van der Waals surface area contributed by atoms with Gasteiger partial charge in [-0.3, -0.25) is 19.3 Å². The monoisotopic (exact) mass is 548 g/mol. The van der Waals surface area contributed by atoms with Gasteiger partial charge in [-0.25, -0.2) is 9.97 Å². The van der Waals surface area contributed by atoms with Crippen LogP contribution in [0.5, 0.6) is 0 Å². The van der Waals surface area contributed by atoms with Crippen molar-refractivity contribution in [1.82, 2.24) is 14.9 Å². The Kier molecular flexibility index (Phi) is 9.63. The zero-order valence-corrected chi connectivity index (χ0v) is 23.0. The van der Waals surface area contributed by atoms with E-state index in [0.29, 0.717) is 42.9 Å². The molecule has 2 aromatic rings. The molecule has 0 aromatic carbocycles. The van der Waals surface area contributed by atoms with E-state index in [1.807, 2.05) is 19.2 Å². The summed E-state index contributed by atoms with van der Waals surface area (Å²) >= 11 is 0. The Labute approximate surface area is 234 Å². The number of carbonyl (C=O) groups excluding carboxylic acids is 3. The van der Waals surface area contributed by atoms with Crippen molar-refractivity contribution in [2.45, 2.75) is 50.8 Å². The van der Waals surface area contributed by atoms with Gasteiger partial charge in [0.1, 0.15) is 29.5 Å². The molecule has 2 atom stereocenters. The molecular formula is C28H36N8O4. The molecule has 0 spiro atoms. The van der Waals surface area contributed by atoms with Crippen LogP contribution in [0, 0.1) is 11.3 Å². The topological polar surface area (TPSA) is 158 Å². The minimum Gasteiger partial charge on any atom is -0.373 e. The summed E-state index contributed by atoms with van der Waals surface area (Å²) in [5.41, 5.74) is 9.31. The number of hydrogen-bond acceptors (Lipinski definition) is 10. The van der Waals surface area contributed by atoms with Gasteiger partial charge in [-0.1, -0.05) is 0 Å². The lowest BCUT2D eigenvalue weighted by Gasteiger charge is -2.27. The first kappa shape index (κ1) is 28.9. The summed E-state index contributed by atoms with van der Waals surface area (Å²) in [6.07, 6.45) is 6.91. The SMILES string of the molecule is CN(Cc1cc2c(nc1C=O)N(C=O)CCC2)C(=O)C1CCCO1.CNc1cc(N2CCC(N)C2)c(C#N)cn1. The van der Waals surface area contributed by atoms with Crippen molar-refractivity contribution in [3.05, 3.63) is 40.7 Å². The Balaban J connectivity index is 0.000000201. The Hall–Kier alpha value is -4.08. The van der Waals surface area contributed by atoms with E-state index in [1.54, 1.807) is 18.1 Å². The number of likely N-dealkylation sites (N-methyl/N-ethyl adjacent to an activating group) is 1. The van der Waals surface area contributed by atoms with E-state index in [0.717, 1.165) is 68.7 Å². The molecule has 0 aliphatic carbocycles. The Morgan fingerprint density at radius 1 is 1.30 bits per heavy atom. The third-order valence-electron chi connectivity index (χ3n) is 7.36. The molecule has 2 fully saturated rings. The molecule has 5 rings (SSSR count). The summed E-state index contributed by atoms with van der Waals surface area (Å²) in [4.78, 5) is 48.7. The minimum atomic E-state index is -0.383. The number of amides is 2. The number of nitrogens with zero attached hydrogens (tertiary/aromatic N) is 6. The van der Waals surface area contributed by atoms with E-state index in [1.165, 1.54) is 4.90 Å². The van der Waals surface area contributed by atoms with Crippen molar-refractivity contribution < 1.29 is 19.1 Å². The molecule has 40 heavy (non-hydrogen) atoms. The molecular weight excluding hydrogens is 512 g/mol. The molecule has 0 radical (unpaired) electrons. The number of nitrogens with two attached hydrogens (primary N) is 1. The van der Waals surface area contributed by atoms with Gasteiger partial charge in [0.05, 0.1) is 11.3 Å². The van der Waals surface area contributed by atoms with Crippen LogP contribution in [0.15, 0.2) is 18.3 Å². The number of hydrogen-bond donors (Lipinski definition) is 2. The normalized spacial score (nSPS) is 19.6. The van der Waals surface area contributed by atoms with E-state index in [2.05, 4.69) is 26.3 Å². The second-order valence-electron chi connectivity index (χ2n) is 10.2. The third kappa shape index (κ3) is 6.55. The van der Waals surface area contributed by atoms with Gasteiger partial charge in [-0.05, 0) is 43.7 Å². The van der Waals surface area contributed by atoms with Crippen molar-refractivity contribution in [3.8, 4) is 6.07 Å². The van der Waals surface area contributed by atoms with Gasteiger partial charge in [0, 0.05) is 70.7 Å². The predicted molar refractivity (Wildman–Crippen MR) is 150 cm³/mol. The number of rotatable bonds is 7. The molecule has 0 saturated carbocycles. The first-order chi connectivity index (χ1) is 19.4. The van der Waals surface area contributed by atoms with Gasteiger partial charge in [-0.2, -0.15) is 5.26 Å². The number of aryl methyl sites for hydroxylation is 1. The zero-order chi connectivity index (χ0) is 28.6. The van der Waals surface area contributed by atoms with Crippen molar-refractivity contribution in [2.75, 3.05) is 55.5 Å². The molecule has 3 aliphatic heterocycles. The van der Waals surface area contributed by atoms with Crippen LogP contribution in [0.3, 0.4) is 0 Å². The van der Waals surface area contributed by atoms with E-state index < -0.39 is 0 Å². The van der Waals surface area contributed by atoms with E-state index in [-0.39, 0.29) is 23.7 Å². The van der Waals surface area contributed by atoms with Gasteiger partial charge in [0.25, 0.3) is 5.91 Å². The van der Waals surface area contributed by atoms with E-state index in [9.17, 15) is 14.4 Å². The van der Waals surface area contributed by atoms with Crippen molar-refractivity contribution in [1.29, 1.82) is 5.26 Å². The highest BCUT2D eigenvalue weighted by Crippen LogP contribution is 2.27. The van der Waals surface area contributed by atoms with E-state index >= 15 is 0 Å². The van der Waals surface area contributed by atoms with Gasteiger partial charge in [0.2, 0.25) is 6.41 Å². The van der Waals surface area contributed by atoms with Crippen LogP contribution >= 0.6 is 0 Å². The number of ether oxygens (including phenoxy) is 1. The van der Waals surface area contributed by atoms with Crippen LogP contribution in [-0.4, -0.2) is 86.0 Å². The van der Waals surface area contributed by atoms with Gasteiger partial charge < -0.3 is 25.6 Å². The maximum absolute atomic E-state index is 12.4. The molecule has 12 heteroatoms. The Bertz CT molecular complexity index is 1270. The number of aldehydes is 1. The van der Waals surface area contributed by atoms with E-state index in [4.69, 9.17) is 15.7 Å². The summed E-state index contributed by atoms with van der Waals surface area (Å²) < 4.78 is 5.43.